The molecule has 0 bridgehead atoms. The molecular formula is C9H12F2N4O2S. The number of rotatable bonds is 4. The van der Waals surface area contributed by atoms with Crippen LogP contribution in [0.25, 0.3) is 0 Å². The van der Waals surface area contributed by atoms with E-state index in [1.54, 1.807) is 0 Å². The third-order valence-electron chi connectivity index (χ3n) is 2.30. The number of halogens is 2. The van der Waals surface area contributed by atoms with E-state index in [0.717, 1.165) is 0 Å². The molecule has 1 fully saturated rings. The van der Waals surface area contributed by atoms with Crippen LogP contribution in [0.2, 0.25) is 0 Å². The molecule has 6 nitrogen and oxygen atoms in total. The van der Waals surface area contributed by atoms with Crippen LogP contribution in [0.4, 0.5) is 13.9 Å². The Labute approximate surface area is 106 Å². The van der Waals surface area contributed by atoms with E-state index < -0.39 is 11.4 Å². The van der Waals surface area contributed by atoms with Crippen LogP contribution in [0.5, 0.6) is 0 Å². The van der Waals surface area contributed by atoms with Gasteiger partial charge in [0.25, 0.3) is 6.43 Å². The van der Waals surface area contributed by atoms with Crippen LogP contribution in [0.1, 0.15) is 17.9 Å². The highest BCUT2D eigenvalue weighted by atomic mass is 32.1. The molecule has 1 unspecified atom stereocenters. The van der Waals surface area contributed by atoms with Crippen LogP contribution in [0.15, 0.2) is 0 Å². The van der Waals surface area contributed by atoms with Crippen molar-refractivity contribution in [1.82, 2.24) is 15.5 Å². The Morgan fingerprint density at radius 1 is 1.61 bits per heavy atom. The van der Waals surface area contributed by atoms with Gasteiger partial charge in [0.1, 0.15) is 0 Å². The number of nitrogens with one attached hydrogen (secondary N) is 2. The van der Waals surface area contributed by atoms with Crippen LogP contribution in [-0.2, 0) is 9.53 Å². The van der Waals surface area contributed by atoms with Crippen LogP contribution in [-0.4, -0.2) is 41.9 Å². The van der Waals surface area contributed by atoms with Crippen LogP contribution >= 0.6 is 11.3 Å². The maximum Gasteiger partial charge on any atom is 0.291 e. The predicted octanol–water partition coefficient (Wildman–Crippen LogP) is 0.793. The van der Waals surface area contributed by atoms with Gasteiger partial charge in [-0.3, -0.25) is 4.79 Å². The predicted molar refractivity (Wildman–Crippen MR) is 60.7 cm³/mol. The molecule has 1 amide bonds. The number of alkyl halides is 2. The molecule has 100 valence electrons. The highest BCUT2D eigenvalue weighted by Gasteiger charge is 2.19. The summed E-state index contributed by atoms with van der Waals surface area (Å²) in [5, 5.41) is 12.0. The molecule has 1 aliphatic heterocycles. The summed E-state index contributed by atoms with van der Waals surface area (Å²) >= 11 is 0.676. The van der Waals surface area contributed by atoms with E-state index in [9.17, 15) is 13.6 Å². The fourth-order valence-electron chi connectivity index (χ4n) is 1.52. The number of anilines is 1. The summed E-state index contributed by atoms with van der Waals surface area (Å²) in [7, 11) is 0. The average molecular weight is 278 g/mol. The molecule has 0 aromatic carbocycles. The Balaban J connectivity index is 1.82. The normalized spacial score (nSPS) is 20.1. The van der Waals surface area contributed by atoms with Gasteiger partial charge in [0.2, 0.25) is 11.0 Å². The number of aromatic nitrogens is 2. The fraction of sp³-hybridized carbons (Fsp3) is 0.667. The number of carbonyl (C=O) groups is 1. The highest BCUT2D eigenvalue weighted by molar-refractivity contribution is 7.15. The number of nitrogens with zero attached hydrogens (tertiary/aromatic N) is 2. The van der Waals surface area contributed by atoms with Crippen molar-refractivity contribution in [2.24, 2.45) is 0 Å². The molecule has 0 aliphatic carbocycles. The number of ether oxygens (including phenoxy) is 1. The maximum absolute atomic E-state index is 12.3. The minimum atomic E-state index is -2.67. The van der Waals surface area contributed by atoms with Gasteiger partial charge in [-0.15, -0.1) is 10.2 Å². The lowest BCUT2D eigenvalue weighted by Gasteiger charge is -2.22. The lowest BCUT2D eigenvalue weighted by Crippen LogP contribution is -2.43. The van der Waals surface area contributed by atoms with Gasteiger partial charge in [0, 0.05) is 19.0 Å². The second kappa shape index (κ2) is 6.12. The van der Waals surface area contributed by atoms with E-state index in [4.69, 9.17) is 4.74 Å². The minimum absolute atomic E-state index is 0.0544. The molecule has 1 aliphatic rings. The first-order valence-corrected chi connectivity index (χ1v) is 6.19. The summed E-state index contributed by atoms with van der Waals surface area (Å²) in [5.74, 6) is -0.296. The van der Waals surface area contributed by atoms with Crippen molar-refractivity contribution in [3.63, 3.8) is 0 Å². The van der Waals surface area contributed by atoms with Gasteiger partial charge in [-0.1, -0.05) is 11.3 Å². The standard InChI is InChI=1S/C9H12F2N4O2S/c10-7(11)8-14-15-9(18-8)13-6(16)3-5-4-17-2-1-12-5/h5,7,12H,1-4H2,(H,13,15,16). The lowest BCUT2D eigenvalue weighted by atomic mass is 10.2. The quantitative estimate of drug-likeness (QED) is 0.851. The summed E-state index contributed by atoms with van der Waals surface area (Å²) in [6.45, 7) is 1.80. The molecule has 0 radical (unpaired) electrons. The monoisotopic (exact) mass is 278 g/mol. The van der Waals surface area contributed by atoms with Crippen molar-refractivity contribution in [2.75, 3.05) is 25.1 Å². The Hall–Kier alpha value is -1.19. The first kappa shape index (κ1) is 13.2. The van der Waals surface area contributed by atoms with Crippen molar-refractivity contribution >= 4 is 22.4 Å². The molecule has 0 spiro atoms. The number of carbonyl (C=O) groups excluding carboxylic acids is 1. The van der Waals surface area contributed by atoms with Gasteiger partial charge >= 0.3 is 0 Å². The summed E-state index contributed by atoms with van der Waals surface area (Å²) in [4.78, 5) is 11.6. The molecule has 1 aromatic heterocycles. The van der Waals surface area contributed by atoms with Crippen LogP contribution in [0.3, 0.4) is 0 Å². The van der Waals surface area contributed by atoms with E-state index in [1.807, 2.05) is 0 Å². The number of amides is 1. The largest absolute Gasteiger partial charge is 0.378 e. The summed E-state index contributed by atoms with van der Waals surface area (Å²) in [5.41, 5.74) is 0. The Morgan fingerprint density at radius 3 is 3.06 bits per heavy atom. The first-order chi connectivity index (χ1) is 8.65. The number of hydrogen-bond donors (Lipinski definition) is 2. The molecule has 0 saturated carbocycles. The molecule has 2 N–H and O–H groups in total. The topological polar surface area (TPSA) is 76.1 Å². The third kappa shape index (κ3) is 3.65. The fourth-order valence-corrected chi connectivity index (χ4v) is 2.13. The Morgan fingerprint density at radius 2 is 2.44 bits per heavy atom. The first-order valence-electron chi connectivity index (χ1n) is 5.37. The van der Waals surface area contributed by atoms with E-state index in [-0.39, 0.29) is 23.5 Å². The van der Waals surface area contributed by atoms with Crippen molar-refractivity contribution in [3.8, 4) is 0 Å². The van der Waals surface area contributed by atoms with E-state index in [2.05, 4.69) is 20.8 Å². The highest BCUT2D eigenvalue weighted by Crippen LogP contribution is 2.25. The molecular weight excluding hydrogens is 266 g/mol. The summed E-state index contributed by atoms with van der Waals surface area (Å²) in [6.07, 6.45) is -2.45. The van der Waals surface area contributed by atoms with Crippen LogP contribution in [0, 0.1) is 0 Å². The van der Waals surface area contributed by atoms with Gasteiger partial charge in [-0.05, 0) is 0 Å². The Kier molecular flexibility index (Phi) is 4.50. The zero-order chi connectivity index (χ0) is 13.0. The van der Waals surface area contributed by atoms with Crippen LogP contribution < -0.4 is 10.6 Å². The minimum Gasteiger partial charge on any atom is -0.378 e. The molecule has 9 heteroatoms. The smallest absolute Gasteiger partial charge is 0.291 e. The van der Waals surface area contributed by atoms with Gasteiger partial charge in [-0.2, -0.15) is 0 Å². The van der Waals surface area contributed by atoms with E-state index in [0.29, 0.717) is 31.1 Å². The third-order valence-corrected chi connectivity index (χ3v) is 3.15. The molecule has 1 saturated heterocycles. The van der Waals surface area contributed by atoms with Gasteiger partial charge < -0.3 is 15.4 Å². The molecule has 1 atom stereocenters. The lowest BCUT2D eigenvalue weighted by molar-refractivity contribution is -0.117. The molecule has 2 rings (SSSR count). The van der Waals surface area contributed by atoms with Crippen molar-refractivity contribution in [1.29, 1.82) is 0 Å². The van der Waals surface area contributed by atoms with Gasteiger partial charge in [-0.25, -0.2) is 8.78 Å². The van der Waals surface area contributed by atoms with Gasteiger partial charge in [0.05, 0.1) is 13.2 Å². The molecule has 1 aromatic rings. The number of hydrogen-bond acceptors (Lipinski definition) is 6. The molecule has 18 heavy (non-hydrogen) atoms. The zero-order valence-electron chi connectivity index (χ0n) is 9.36. The maximum atomic E-state index is 12.3. The summed E-state index contributed by atoms with van der Waals surface area (Å²) < 4.78 is 29.7. The molecule has 2 heterocycles. The average Bonchev–Trinajstić information content (AvgIpc) is 2.78. The number of morpholine rings is 1. The summed E-state index contributed by atoms with van der Waals surface area (Å²) in [6, 6.07) is -0.0544. The Bertz CT molecular complexity index is 409. The van der Waals surface area contributed by atoms with Gasteiger partial charge in [0.15, 0.2) is 5.01 Å². The van der Waals surface area contributed by atoms with Crippen molar-refractivity contribution < 1.29 is 18.3 Å². The van der Waals surface area contributed by atoms with Crippen molar-refractivity contribution in [3.05, 3.63) is 5.01 Å². The second-order valence-corrected chi connectivity index (χ2v) is 4.73. The van der Waals surface area contributed by atoms with E-state index in [1.165, 1.54) is 0 Å². The SMILES string of the molecule is O=C(CC1COCCN1)Nc1nnc(C(F)F)s1. The zero-order valence-corrected chi connectivity index (χ0v) is 10.2. The van der Waals surface area contributed by atoms with E-state index >= 15 is 0 Å². The van der Waals surface area contributed by atoms with Crippen molar-refractivity contribution in [2.45, 2.75) is 18.9 Å². The second-order valence-electron chi connectivity index (χ2n) is 3.72.